The fourth-order valence-electron chi connectivity index (χ4n) is 1.35. The number of hydrogen-bond acceptors (Lipinski definition) is 4. The highest BCUT2D eigenvalue weighted by molar-refractivity contribution is 8.04. The van der Waals surface area contributed by atoms with Gasteiger partial charge in [-0.05, 0) is 0 Å². The van der Waals surface area contributed by atoms with Gasteiger partial charge in [0.05, 0.1) is 12.2 Å². The lowest BCUT2D eigenvalue weighted by molar-refractivity contribution is 0.347. The molecule has 0 bridgehead atoms. The molecule has 1 aromatic heterocycles. The zero-order valence-corrected chi connectivity index (χ0v) is 11.6. The SMILES string of the molecule is O=c1ccn(CC(CF)CSCP(=O)(O)O)c(=O)[nH]1. The molecule has 19 heavy (non-hydrogen) atoms. The molecule has 0 aromatic carbocycles. The Morgan fingerprint density at radius 3 is 2.68 bits per heavy atom. The number of halogens is 1. The predicted molar refractivity (Wildman–Crippen MR) is 70.2 cm³/mol. The Morgan fingerprint density at radius 1 is 1.47 bits per heavy atom. The largest absolute Gasteiger partial charge is 0.335 e. The molecule has 0 amide bonds. The van der Waals surface area contributed by atoms with Crippen molar-refractivity contribution in [3.8, 4) is 0 Å². The summed E-state index contributed by atoms with van der Waals surface area (Å²) in [5.41, 5.74) is -1.55. The summed E-state index contributed by atoms with van der Waals surface area (Å²) in [6.45, 7) is -0.681. The molecule has 1 atom stereocenters. The summed E-state index contributed by atoms with van der Waals surface area (Å²) < 4.78 is 24.6. The van der Waals surface area contributed by atoms with Gasteiger partial charge in [0.2, 0.25) is 0 Å². The van der Waals surface area contributed by atoms with Gasteiger partial charge in [-0.1, -0.05) is 0 Å². The fourth-order valence-corrected chi connectivity index (χ4v) is 3.25. The Kier molecular flexibility index (Phi) is 5.99. The van der Waals surface area contributed by atoms with Gasteiger partial charge < -0.3 is 14.4 Å². The Balaban J connectivity index is 2.59. The van der Waals surface area contributed by atoms with E-state index in [9.17, 15) is 18.5 Å². The third-order valence-electron chi connectivity index (χ3n) is 2.18. The summed E-state index contributed by atoms with van der Waals surface area (Å²) >= 11 is 0.931. The van der Waals surface area contributed by atoms with Crippen LogP contribution in [0.4, 0.5) is 4.39 Å². The minimum atomic E-state index is -4.11. The molecule has 0 aliphatic heterocycles. The maximum atomic E-state index is 12.8. The van der Waals surface area contributed by atoms with Crippen molar-refractivity contribution >= 4 is 19.4 Å². The number of hydrogen-bond donors (Lipinski definition) is 3. The standard InChI is InChI=1S/C9H14FN2O5PS/c10-3-7(5-19-6-18(15,16)17)4-12-2-1-8(13)11-9(12)14/h1-2,7H,3-6H2,(H,11,13,14)(H2,15,16,17). The first-order chi connectivity index (χ1) is 8.81. The Bertz CT molecular complexity index is 568. The zero-order chi connectivity index (χ0) is 14.5. The molecule has 0 fully saturated rings. The summed E-state index contributed by atoms with van der Waals surface area (Å²) in [5.74, 6) is -0.382. The van der Waals surface area contributed by atoms with Crippen molar-refractivity contribution < 1.29 is 18.7 Å². The van der Waals surface area contributed by atoms with E-state index in [-0.39, 0.29) is 17.8 Å². The van der Waals surface area contributed by atoms with Gasteiger partial charge in [-0.25, -0.2) is 4.79 Å². The van der Waals surface area contributed by atoms with E-state index in [2.05, 4.69) is 0 Å². The molecule has 10 heteroatoms. The van der Waals surface area contributed by atoms with Crippen molar-refractivity contribution in [1.29, 1.82) is 0 Å². The van der Waals surface area contributed by atoms with E-state index in [4.69, 9.17) is 9.79 Å². The van der Waals surface area contributed by atoms with E-state index in [0.29, 0.717) is 0 Å². The van der Waals surface area contributed by atoms with Crippen LogP contribution in [0.5, 0.6) is 0 Å². The first-order valence-corrected chi connectivity index (χ1v) is 8.25. The number of alkyl halides is 1. The van der Waals surface area contributed by atoms with E-state index in [1.807, 2.05) is 4.98 Å². The van der Waals surface area contributed by atoms with Crippen LogP contribution in [-0.2, 0) is 11.1 Å². The minimum Gasteiger partial charge on any atom is -0.324 e. The van der Waals surface area contributed by atoms with Crippen LogP contribution in [0.1, 0.15) is 0 Å². The van der Waals surface area contributed by atoms with Crippen LogP contribution in [0.25, 0.3) is 0 Å². The molecule has 7 nitrogen and oxygen atoms in total. The van der Waals surface area contributed by atoms with E-state index >= 15 is 0 Å². The lowest BCUT2D eigenvalue weighted by Gasteiger charge is -2.14. The molecule has 0 spiro atoms. The Hall–Kier alpha value is -0.890. The van der Waals surface area contributed by atoms with Crippen molar-refractivity contribution in [2.45, 2.75) is 6.54 Å². The van der Waals surface area contributed by atoms with Crippen molar-refractivity contribution in [3.63, 3.8) is 0 Å². The number of nitrogens with zero attached hydrogens (tertiary/aromatic N) is 1. The van der Waals surface area contributed by atoms with Crippen LogP contribution in [0.15, 0.2) is 21.9 Å². The molecule has 1 unspecified atom stereocenters. The van der Waals surface area contributed by atoms with Crippen LogP contribution in [0.3, 0.4) is 0 Å². The molecule has 1 rings (SSSR count). The Morgan fingerprint density at radius 2 is 2.16 bits per heavy atom. The number of H-pyrrole nitrogens is 1. The maximum absolute atomic E-state index is 12.8. The van der Waals surface area contributed by atoms with Crippen molar-refractivity contribution in [3.05, 3.63) is 33.1 Å². The molecule has 0 aliphatic rings. The number of thioether (sulfide) groups is 1. The summed E-state index contributed by atoms with van der Waals surface area (Å²) in [7, 11) is -4.11. The van der Waals surface area contributed by atoms with Gasteiger partial charge in [0.1, 0.15) is 0 Å². The maximum Gasteiger partial charge on any atom is 0.335 e. The highest BCUT2D eigenvalue weighted by Gasteiger charge is 2.16. The topological polar surface area (TPSA) is 112 Å². The average Bonchev–Trinajstić information content (AvgIpc) is 2.29. The summed E-state index contributed by atoms with van der Waals surface area (Å²) in [4.78, 5) is 41.6. The van der Waals surface area contributed by atoms with Crippen LogP contribution in [0, 0.1) is 5.92 Å². The van der Waals surface area contributed by atoms with Gasteiger partial charge in [0.15, 0.2) is 0 Å². The lowest BCUT2D eigenvalue weighted by atomic mass is 10.2. The van der Waals surface area contributed by atoms with Gasteiger partial charge in [-0.2, -0.15) is 0 Å². The molecule has 0 aliphatic carbocycles. The summed E-state index contributed by atoms with van der Waals surface area (Å²) in [5, 5.41) is 0. The van der Waals surface area contributed by atoms with E-state index in [0.717, 1.165) is 22.4 Å². The smallest absolute Gasteiger partial charge is 0.324 e. The fraction of sp³-hybridized carbons (Fsp3) is 0.556. The van der Waals surface area contributed by atoms with Gasteiger partial charge in [0, 0.05) is 30.5 Å². The number of rotatable bonds is 7. The highest BCUT2D eigenvalue weighted by atomic mass is 32.2. The second-order valence-electron chi connectivity index (χ2n) is 3.95. The lowest BCUT2D eigenvalue weighted by Crippen LogP contribution is -2.31. The molecular formula is C9H14FN2O5PS. The minimum absolute atomic E-state index is 0.0419. The van der Waals surface area contributed by atoms with E-state index in [1.165, 1.54) is 6.20 Å². The molecule has 3 N–H and O–H groups in total. The van der Waals surface area contributed by atoms with Gasteiger partial charge >= 0.3 is 13.3 Å². The molecule has 1 aromatic rings. The molecule has 0 saturated heterocycles. The van der Waals surface area contributed by atoms with Crippen LogP contribution < -0.4 is 11.2 Å². The molecular weight excluding hydrogens is 298 g/mol. The normalized spacial score (nSPS) is 13.4. The van der Waals surface area contributed by atoms with Gasteiger partial charge in [-0.15, -0.1) is 11.8 Å². The van der Waals surface area contributed by atoms with Crippen molar-refractivity contribution in [2.24, 2.45) is 5.92 Å². The van der Waals surface area contributed by atoms with Gasteiger partial charge in [-0.3, -0.25) is 18.7 Å². The van der Waals surface area contributed by atoms with E-state index < -0.39 is 31.4 Å². The van der Waals surface area contributed by atoms with Crippen LogP contribution in [0.2, 0.25) is 0 Å². The highest BCUT2D eigenvalue weighted by Crippen LogP contribution is 2.39. The first-order valence-electron chi connectivity index (χ1n) is 5.30. The monoisotopic (exact) mass is 312 g/mol. The third-order valence-corrected chi connectivity index (χ3v) is 4.97. The molecule has 108 valence electrons. The number of aromatic amines is 1. The summed E-state index contributed by atoms with van der Waals surface area (Å²) in [6, 6.07) is 1.15. The second kappa shape index (κ2) is 7.04. The summed E-state index contributed by atoms with van der Waals surface area (Å²) in [6.07, 6.45) is 1.26. The Labute approximate surface area is 112 Å². The number of nitrogens with one attached hydrogen (secondary N) is 1. The molecule has 0 radical (unpaired) electrons. The first kappa shape index (κ1) is 16.2. The molecule has 1 heterocycles. The predicted octanol–water partition coefficient (Wildman–Crippen LogP) is -0.00930. The average molecular weight is 312 g/mol. The van der Waals surface area contributed by atoms with Crippen molar-refractivity contribution in [1.82, 2.24) is 9.55 Å². The van der Waals surface area contributed by atoms with Gasteiger partial charge in [0.25, 0.3) is 5.56 Å². The quantitative estimate of drug-likeness (QED) is 0.611. The number of aromatic nitrogens is 2. The zero-order valence-electron chi connectivity index (χ0n) is 9.86. The second-order valence-corrected chi connectivity index (χ2v) is 7.05. The van der Waals surface area contributed by atoms with E-state index in [1.54, 1.807) is 0 Å². The van der Waals surface area contributed by atoms with Crippen molar-refractivity contribution in [2.75, 3.05) is 17.9 Å². The molecule has 0 saturated carbocycles. The van der Waals surface area contributed by atoms with Crippen LogP contribution >= 0.6 is 19.4 Å². The van der Waals surface area contributed by atoms with Crippen LogP contribution in [-0.4, -0.2) is 37.3 Å². The third kappa shape index (κ3) is 6.20.